The summed E-state index contributed by atoms with van der Waals surface area (Å²) in [4.78, 5) is 0. The lowest BCUT2D eigenvalue weighted by Gasteiger charge is -2.19. The first-order valence-corrected chi connectivity index (χ1v) is 6.84. The van der Waals surface area contributed by atoms with Crippen molar-refractivity contribution in [3.63, 3.8) is 0 Å². The van der Waals surface area contributed by atoms with Gasteiger partial charge in [-0.25, -0.2) is 0 Å². The number of ether oxygens (including phenoxy) is 1. The maximum absolute atomic E-state index is 6.35. The number of hydrogen-bond donors (Lipinski definition) is 1. The van der Waals surface area contributed by atoms with Crippen LogP contribution in [0.5, 0.6) is 5.75 Å². The second-order valence-electron chi connectivity index (χ2n) is 4.65. The molecule has 0 spiro atoms. The second kappa shape index (κ2) is 5.04. The average molecular weight is 294 g/mol. The van der Waals surface area contributed by atoms with Gasteiger partial charge >= 0.3 is 0 Å². The molecule has 1 aliphatic heterocycles. The fraction of sp³-hybridized carbons (Fsp3) is 0.200. The van der Waals surface area contributed by atoms with Crippen molar-refractivity contribution in [3.05, 3.63) is 63.6 Å². The minimum atomic E-state index is -0.154. The van der Waals surface area contributed by atoms with Crippen LogP contribution in [0.4, 0.5) is 0 Å². The van der Waals surface area contributed by atoms with Crippen LogP contribution >= 0.6 is 23.2 Å². The Bertz CT molecular complexity index is 615. The summed E-state index contributed by atoms with van der Waals surface area (Å²) in [5, 5.41) is 1.07. The predicted molar refractivity (Wildman–Crippen MR) is 78.1 cm³/mol. The Balaban J connectivity index is 1.93. The van der Waals surface area contributed by atoms with Crippen LogP contribution in [0.15, 0.2) is 42.5 Å². The van der Waals surface area contributed by atoms with Gasteiger partial charge in [0.2, 0.25) is 0 Å². The van der Waals surface area contributed by atoms with Crippen LogP contribution in [0, 0.1) is 0 Å². The van der Waals surface area contributed by atoms with E-state index in [-0.39, 0.29) is 12.0 Å². The van der Waals surface area contributed by atoms with Crippen molar-refractivity contribution in [3.8, 4) is 5.75 Å². The quantitative estimate of drug-likeness (QED) is 0.902. The lowest BCUT2D eigenvalue weighted by atomic mass is 9.89. The van der Waals surface area contributed by atoms with E-state index in [4.69, 9.17) is 33.7 Å². The highest BCUT2D eigenvalue weighted by molar-refractivity contribution is 6.42. The molecule has 0 saturated carbocycles. The smallest absolute Gasteiger partial charge is 0.122 e. The monoisotopic (exact) mass is 293 g/mol. The lowest BCUT2D eigenvalue weighted by molar-refractivity contribution is 0.315. The Morgan fingerprint density at radius 3 is 2.68 bits per heavy atom. The summed E-state index contributed by atoms with van der Waals surface area (Å²) in [6.07, 6.45) is 0. The molecule has 0 amide bonds. The van der Waals surface area contributed by atoms with Crippen LogP contribution < -0.4 is 10.5 Å². The summed E-state index contributed by atoms with van der Waals surface area (Å²) in [6, 6.07) is 13.4. The number of nitrogens with two attached hydrogens (primary N) is 1. The van der Waals surface area contributed by atoms with Gasteiger partial charge in [0.25, 0.3) is 0 Å². The molecule has 2 aromatic rings. The number of hydrogen-bond acceptors (Lipinski definition) is 2. The predicted octanol–water partition coefficient (Wildman–Crippen LogP) is 4.17. The van der Waals surface area contributed by atoms with Gasteiger partial charge in [-0.1, -0.05) is 47.5 Å². The number of rotatable bonds is 2. The Hall–Kier alpha value is -1.22. The summed E-state index contributed by atoms with van der Waals surface area (Å²) >= 11 is 12.0. The van der Waals surface area contributed by atoms with Crippen molar-refractivity contribution < 1.29 is 4.74 Å². The molecule has 1 heterocycles. The van der Waals surface area contributed by atoms with Gasteiger partial charge in [0.1, 0.15) is 5.75 Å². The number of halogens is 2. The molecule has 0 aromatic heterocycles. The molecule has 0 aliphatic carbocycles. The van der Waals surface area contributed by atoms with E-state index < -0.39 is 0 Å². The summed E-state index contributed by atoms with van der Waals surface area (Å²) in [7, 11) is 0. The standard InChI is InChI=1S/C15H13Cl2NO/c16-12-6-5-9(7-13(12)17)15(18)11-8-19-14-4-2-1-3-10(11)14/h1-7,11,15H,8,18H2. The van der Waals surface area contributed by atoms with Crippen molar-refractivity contribution in [1.82, 2.24) is 0 Å². The minimum absolute atomic E-state index is 0.147. The van der Waals surface area contributed by atoms with E-state index in [1.54, 1.807) is 6.07 Å². The maximum Gasteiger partial charge on any atom is 0.122 e. The van der Waals surface area contributed by atoms with Gasteiger partial charge in [-0.2, -0.15) is 0 Å². The van der Waals surface area contributed by atoms with Crippen LogP contribution in [0.25, 0.3) is 0 Å². The van der Waals surface area contributed by atoms with Crippen LogP contribution in [0.1, 0.15) is 23.1 Å². The summed E-state index contributed by atoms with van der Waals surface area (Å²) in [6.45, 7) is 0.598. The van der Waals surface area contributed by atoms with E-state index in [0.29, 0.717) is 16.7 Å². The van der Waals surface area contributed by atoms with E-state index in [1.165, 1.54) is 0 Å². The van der Waals surface area contributed by atoms with Gasteiger partial charge in [0, 0.05) is 17.5 Å². The van der Waals surface area contributed by atoms with Crippen LogP contribution in [0.3, 0.4) is 0 Å². The number of para-hydroxylation sites is 1. The van der Waals surface area contributed by atoms with Crippen molar-refractivity contribution in [1.29, 1.82) is 0 Å². The molecule has 3 rings (SSSR count). The number of fused-ring (bicyclic) bond motifs is 1. The first-order valence-electron chi connectivity index (χ1n) is 6.09. The van der Waals surface area contributed by atoms with Crippen molar-refractivity contribution in [2.24, 2.45) is 5.73 Å². The molecule has 2 N–H and O–H groups in total. The van der Waals surface area contributed by atoms with E-state index in [0.717, 1.165) is 16.9 Å². The summed E-state index contributed by atoms with van der Waals surface area (Å²) < 4.78 is 5.67. The topological polar surface area (TPSA) is 35.2 Å². The molecule has 98 valence electrons. The fourth-order valence-corrected chi connectivity index (χ4v) is 2.74. The van der Waals surface area contributed by atoms with Gasteiger partial charge in [0.15, 0.2) is 0 Å². The van der Waals surface area contributed by atoms with Crippen molar-refractivity contribution in [2.75, 3.05) is 6.61 Å². The highest BCUT2D eigenvalue weighted by Crippen LogP contribution is 2.40. The minimum Gasteiger partial charge on any atom is -0.493 e. The molecular weight excluding hydrogens is 281 g/mol. The Kier molecular flexibility index (Phi) is 3.40. The zero-order chi connectivity index (χ0) is 13.4. The third-order valence-electron chi connectivity index (χ3n) is 3.50. The highest BCUT2D eigenvalue weighted by atomic mass is 35.5. The van der Waals surface area contributed by atoms with Gasteiger partial charge in [-0.3, -0.25) is 0 Å². The molecule has 0 saturated heterocycles. The first kappa shape index (κ1) is 12.8. The molecule has 0 radical (unpaired) electrons. The zero-order valence-corrected chi connectivity index (χ0v) is 11.7. The Labute approximate surface area is 122 Å². The fourth-order valence-electron chi connectivity index (χ4n) is 2.44. The van der Waals surface area contributed by atoms with Gasteiger partial charge in [0.05, 0.1) is 16.7 Å². The van der Waals surface area contributed by atoms with Crippen LogP contribution in [0.2, 0.25) is 10.0 Å². The Morgan fingerprint density at radius 1 is 1.11 bits per heavy atom. The summed E-state index contributed by atoms with van der Waals surface area (Å²) in [5.41, 5.74) is 8.48. The Morgan fingerprint density at radius 2 is 1.89 bits per heavy atom. The van der Waals surface area contributed by atoms with Gasteiger partial charge in [-0.05, 0) is 23.8 Å². The number of benzene rings is 2. The third kappa shape index (κ3) is 2.32. The van der Waals surface area contributed by atoms with Crippen LogP contribution in [-0.4, -0.2) is 6.61 Å². The SMILES string of the molecule is NC(c1ccc(Cl)c(Cl)c1)C1COc2ccccc21. The van der Waals surface area contributed by atoms with Crippen molar-refractivity contribution in [2.45, 2.75) is 12.0 Å². The largest absolute Gasteiger partial charge is 0.493 e. The zero-order valence-electron chi connectivity index (χ0n) is 10.1. The van der Waals surface area contributed by atoms with Gasteiger partial charge < -0.3 is 10.5 Å². The molecule has 2 atom stereocenters. The molecule has 0 fully saturated rings. The van der Waals surface area contributed by atoms with Gasteiger partial charge in [-0.15, -0.1) is 0 Å². The molecule has 19 heavy (non-hydrogen) atoms. The lowest BCUT2D eigenvalue weighted by Crippen LogP contribution is -2.21. The van der Waals surface area contributed by atoms with E-state index >= 15 is 0 Å². The first-order chi connectivity index (χ1) is 9.16. The normalized spacial score (nSPS) is 18.8. The van der Waals surface area contributed by atoms with E-state index in [9.17, 15) is 0 Å². The molecule has 4 heteroatoms. The molecule has 2 unspecified atom stereocenters. The second-order valence-corrected chi connectivity index (χ2v) is 5.47. The average Bonchev–Trinajstić information content (AvgIpc) is 2.85. The molecule has 2 aromatic carbocycles. The van der Waals surface area contributed by atoms with Crippen LogP contribution in [-0.2, 0) is 0 Å². The molecular formula is C15H13Cl2NO. The maximum atomic E-state index is 6.35. The third-order valence-corrected chi connectivity index (χ3v) is 4.24. The molecule has 0 bridgehead atoms. The molecule has 2 nitrogen and oxygen atoms in total. The molecule has 1 aliphatic rings. The van der Waals surface area contributed by atoms with Crippen molar-refractivity contribution >= 4 is 23.2 Å². The van der Waals surface area contributed by atoms with E-state index in [2.05, 4.69) is 6.07 Å². The summed E-state index contributed by atoms with van der Waals surface area (Å²) in [5.74, 6) is 1.07. The highest BCUT2D eigenvalue weighted by Gasteiger charge is 2.30. The van der Waals surface area contributed by atoms with E-state index in [1.807, 2.05) is 30.3 Å².